The molecule has 0 bridgehead atoms. The van der Waals surface area contributed by atoms with Crippen LogP contribution in [0, 0.1) is 13.8 Å². The van der Waals surface area contributed by atoms with E-state index in [2.05, 4.69) is 22.1 Å². The maximum Gasteiger partial charge on any atom is 0.341 e. The van der Waals surface area contributed by atoms with Crippen LogP contribution in [0.15, 0.2) is 42.1 Å². The number of nitrogens with two attached hydrogens (primary N) is 1. The first-order valence-electron chi connectivity index (χ1n) is 10.4. The van der Waals surface area contributed by atoms with Crippen LogP contribution >= 0.6 is 23.1 Å². The Morgan fingerprint density at radius 1 is 1.29 bits per heavy atom. The number of nitrogens with zero attached hydrogens (tertiary/aromatic N) is 3. The number of carbonyl (C=O) groups is 3. The van der Waals surface area contributed by atoms with E-state index in [-0.39, 0.29) is 33.7 Å². The lowest BCUT2D eigenvalue weighted by Crippen LogP contribution is -2.17. The van der Waals surface area contributed by atoms with Crippen molar-refractivity contribution in [2.75, 3.05) is 17.7 Å². The van der Waals surface area contributed by atoms with E-state index in [4.69, 9.17) is 10.5 Å². The van der Waals surface area contributed by atoms with Gasteiger partial charge in [0.1, 0.15) is 5.00 Å². The van der Waals surface area contributed by atoms with Gasteiger partial charge in [0, 0.05) is 12.1 Å². The van der Waals surface area contributed by atoms with Crippen LogP contribution in [0.3, 0.4) is 0 Å². The van der Waals surface area contributed by atoms with E-state index in [1.165, 1.54) is 11.8 Å². The lowest BCUT2D eigenvalue weighted by molar-refractivity contribution is -0.113. The number of nitrogens with one attached hydrogen (secondary N) is 1. The summed E-state index contributed by atoms with van der Waals surface area (Å²) in [5.41, 5.74) is 7.94. The molecule has 3 aromatic rings. The number of esters is 1. The molecular weight excluding hydrogens is 474 g/mol. The average Bonchev–Trinajstić information content (AvgIpc) is 3.33. The Bertz CT molecular complexity index is 1250. The minimum Gasteiger partial charge on any atom is -0.462 e. The second kappa shape index (κ2) is 11.1. The zero-order valence-corrected chi connectivity index (χ0v) is 20.7. The fourth-order valence-electron chi connectivity index (χ4n) is 3.27. The molecule has 1 aromatic carbocycles. The van der Waals surface area contributed by atoms with Crippen LogP contribution in [-0.2, 0) is 16.1 Å². The fourth-order valence-corrected chi connectivity index (χ4v) is 5.08. The molecule has 3 N–H and O–H groups in total. The minimum absolute atomic E-state index is 0.00815. The van der Waals surface area contributed by atoms with Crippen molar-refractivity contribution in [3.63, 3.8) is 0 Å². The van der Waals surface area contributed by atoms with Crippen LogP contribution in [0.25, 0.3) is 11.4 Å². The quantitative estimate of drug-likeness (QED) is 0.246. The standard InChI is InChI=1S/C23H25N5O4S2/c1-5-10-28-20(15-9-7-8-13(3)11-15)26-27-23(28)33-12-16(29)25-21-17(22(31)32-6-2)14(4)18(34-21)19(24)30/h5,7-9,11H,1,6,10,12H2,2-4H3,(H2,24,30)(H,25,29). The van der Waals surface area contributed by atoms with Crippen LogP contribution in [0.2, 0.25) is 0 Å². The molecule has 2 amide bonds. The van der Waals surface area contributed by atoms with Crippen molar-refractivity contribution >= 4 is 45.9 Å². The Balaban J connectivity index is 1.79. The number of benzene rings is 1. The van der Waals surface area contributed by atoms with E-state index in [1.54, 1.807) is 19.9 Å². The van der Waals surface area contributed by atoms with E-state index in [0.29, 0.717) is 23.1 Å². The van der Waals surface area contributed by atoms with Crippen molar-refractivity contribution in [1.29, 1.82) is 0 Å². The summed E-state index contributed by atoms with van der Waals surface area (Å²) in [4.78, 5) is 37.1. The first kappa shape index (κ1) is 25.2. The Hall–Kier alpha value is -3.44. The number of hydrogen-bond donors (Lipinski definition) is 2. The number of aryl methyl sites for hydroxylation is 1. The highest BCUT2D eigenvalue weighted by molar-refractivity contribution is 7.99. The first-order chi connectivity index (χ1) is 16.3. The highest BCUT2D eigenvalue weighted by Gasteiger charge is 2.26. The SMILES string of the molecule is C=CCn1c(SCC(=O)Nc2sc(C(N)=O)c(C)c2C(=O)OCC)nnc1-c1cccc(C)c1. The van der Waals surface area contributed by atoms with Gasteiger partial charge in [-0.2, -0.15) is 0 Å². The van der Waals surface area contributed by atoms with Gasteiger partial charge in [-0.15, -0.1) is 28.1 Å². The van der Waals surface area contributed by atoms with Gasteiger partial charge in [0.05, 0.1) is 22.8 Å². The van der Waals surface area contributed by atoms with E-state index < -0.39 is 11.9 Å². The smallest absolute Gasteiger partial charge is 0.341 e. The van der Waals surface area contributed by atoms with Gasteiger partial charge < -0.3 is 15.8 Å². The highest BCUT2D eigenvalue weighted by atomic mass is 32.2. The number of allylic oxidation sites excluding steroid dienone is 1. The van der Waals surface area contributed by atoms with Gasteiger partial charge in [0.2, 0.25) is 5.91 Å². The Morgan fingerprint density at radius 3 is 2.71 bits per heavy atom. The number of primary amides is 1. The molecule has 0 atom stereocenters. The average molecular weight is 500 g/mol. The van der Waals surface area contributed by atoms with Crippen LogP contribution in [-0.4, -0.2) is 44.9 Å². The minimum atomic E-state index is -0.677. The summed E-state index contributed by atoms with van der Waals surface area (Å²) in [6.45, 7) is 9.70. The summed E-state index contributed by atoms with van der Waals surface area (Å²) in [5, 5.41) is 12.0. The van der Waals surface area contributed by atoms with E-state index in [9.17, 15) is 14.4 Å². The summed E-state index contributed by atoms with van der Waals surface area (Å²) in [5.74, 6) is -0.993. The third kappa shape index (κ3) is 5.54. The first-order valence-corrected chi connectivity index (χ1v) is 12.2. The molecule has 2 aromatic heterocycles. The third-order valence-electron chi connectivity index (χ3n) is 4.74. The van der Waals surface area contributed by atoms with Gasteiger partial charge in [-0.1, -0.05) is 41.6 Å². The van der Waals surface area contributed by atoms with Gasteiger partial charge in [-0.25, -0.2) is 4.79 Å². The molecule has 2 heterocycles. The highest BCUT2D eigenvalue weighted by Crippen LogP contribution is 2.34. The third-order valence-corrected chi connectivity index (χ3v) is 6.93. The molecule has 0 unspecified atom stereocenters. The normalized spacial score (nSPS) is 10.7. The van der Waals surface area contributed by atoms with Crippen molar-refractivity contribution in [3.05, 3.63) is 58.5 Å². The largest absolute Gasteiger partial charge is 0.462 e. The molecule has 0 aliphatic rings. The molecule has 0 aliphatic carbocycles. The zero-order valence-electron chi connectivity index (χ0n) is 19.1. The second-order valence-corrected chi connectivity index (χ2v) is 9.22. The van der Waals surface area contributed by atoms with Crippen LogP contribution in [0.5, 0.6) is 0 Å². The van der Waals surface area contributed by atoms with Crippen LogP contribution in [0.4, 0.5) is 5.00 Å². The maximum absolute atomic E-state index is 12.7. The van der Waals surface area contributed by atoms with Crippen molar-refractivity contribution in [2.45, 2.75) is 32.5 Å². The fraction of sp³-hybridized carbons (Fsp3) is 0.261. The zero-order chi connectivity index (χ0) is 24.8. The van der Waals surface area contributed by atoms with Gasteiger partial charge >= 0.3 is 5.97 Å². The van der Waals surface area contributed by atoms with E-state index in [0.717, 1.165) is 22.5 Å². The summed E-state index contributed by atoms with van der Waals surface area (Å²) in [7, 11) is 0. The Morgan fingerprint density at radius 2 is 2.06 bits per heavy atom. The molecule has 0 saturated heterocycles. The molecule has 0 aliphatic heterocycles. The number of aromatic nitrogens is 3. The van der Waals surface area contributed by atoms with Crippen LogP contribution < -0.4 is 11.1 Å². The maximum atomic E-state index is 12.7. The number of carbonyl (C=O) groups excluding carboxylic acids is 3. The molecule has 3 rings (SSSR count). The lowest BCUT2D eigenvalue weighted by atomic mass is 10.1. The molecule has 11 heteroatoms. The molecule has 0 radical (unpaired) electrons. The van der Waals surface area contributed by atoms with E-state index >= 15 is 0 Å². The number of rotatable bonds is 10. The van der Waals surface area contributed by atoms with E-state index in [1.807, 2.05) is 35.8 Å². The molecule has 0 fully saturated rings. The van der Waals surface area contributed by atoms with Crippen molar-refractivity contribution in [1.82, 2.24) is 14.8 Å². The van der Waals surface area contributed by atoms with Crippen LogP contribution in [0.1, 0.15) is 38.1 Å². The molecule has 0 saturated carbocycles. The number of anilines is 1. The summed E-state index contributed by atoms with van der Waals surface area (Å²) >= 11 is 2.15. The Labute approximate surface area is 205 Å². The summed E-state index contributed by atoms with van der Waals surface area (Å²) in [6, 6.07) is 7.90. The van der Waals surface area contributed by atoms with Crippen molar-refractivity contribution in [2.24, 2.45) is 5.73 Å². The predicted octanol–water partition coefficient (Wildman–Crippen LogP) is 3.82. The number of hydrogen-bond acceptors (Lipinski definition) is 8. The summed E-state index contributed by atoms with van der Waals surface area (Å²) < 4.78 is 6.96. The molecule has 34 heavy (non-hydrogen) atoms. The molecule has 9 nitrogen and oxygen atoms in total. The Kier molecular flexibility index (Phi) is 8.24. The number of thiophene rings is 1. The van der Waals surface area contributed by atoms with Gasteiger partial charge in [0.15, 0.2) is 11.0 Å². The van der Waals surface area contributed by atoms with Gasteiger partial charge in [-0.3, -0.25) is 14.2 Å². The molecule has 0 spiro atoms. The summed E-state index contributed by atoms with van der Waals surface area (Å²) in [6.07, 6.45) is 1.73. The van der Waals surface area contributed by atoms with Gasteiger partial charge in [-0.05, 0) is 32.4 Å². The topological polar surface area (TPSA) is 129 Å². The molecule has 178 valence electrons. The number of thioether (sulfide) groups is 1. The monoisotopic (exact) mass is 499 g/mol. The lowest BCUT2D eigenvalue weighted by Gasteiger charge is -2.09. The predicted molar refractivity (Wildman–Crippen MR) is 133 cm³/mol. The van der Waals surface area contributed by atoms with Crippen molar-refractivity contribution in [3.8, 4) is 11.4 Å². The second-order valence-electron chi connectivity index (χ2n) is 7.26. The van der Waals surface area contributed by atoms with Crippen molar-refractivity contribution < 1.29 is 19.1 Å². The number of ether oxygens (including phenoxy) is 1. The molecular formula is C23H25N5O4S2. The van der Waals surface area contributed by atoms with Gasteiger partial charge in [0.25, 0.3) is 5.91 Å². The number of amides is 2.